The van der Waals surface area contributed by atoms with E-state index < -0.39 is 0 Å². The molecule has 0 bridgehead atoms. The van der Waals surface area contributed by atoms with E-state index in [1.807, 2.05) is 23.1 Å². The molecule has 0 unspecified atom stereocenters. The maximum Gasteiger partial charge on any atom is 0.232 e. The Bertz CT molecular complexity index is 408. The molecule has 0 aromatic heterocycles. The first-order chi connectivity index (χ1) is 9.16. The highest BCUT2D eigenvalue weighted by atomic mass is 32.2. The summed E-state index contributed by atoms with van der Waals surface area (Å²) in [6.07, 6.45) is 2.31. The van der Waals surface area contributed by atoms with Gasteiger partial charge in [-0.3, -0.25) is 4.79 Å². The molecule has 1 heterocycles. The molecule has 1 fully saturated rings. The summed E-state index contributed by atoms with van der Waals surface area (Å²) in [7, 11) is 4.19. The number of thioether (sulfide) groups is 1. The third-order valence-corrected chi connectivity index (χ3v) is 4.58. The second-order valence-electron chi connectivity index (χ2n) is 5.20. The lowest BCUT2D eigenvalue weighted by Crippen LogP contribution is -2.48. The predicted molar refractivity (Wildman–Crippen MR) is 80.5 cm³/mol. The van der Waals surface area contributed by atoms with Crippen molar-refractivity contribution in [3.8, 4) is 0 Å². The number of amides is 1. The largest absolute Gasteiger partial charge is 0.340 e. The number of rotatable bonds is 4. The van der Waals surface area contributed by atoms with Crippen molar-refractivity contribution in [2.24, 2.45) is 0 Å². The molecule has 0 N–H and O–H groups in total. The quantitative estimate of drug-likeness (QED) is 0.790. The number of likely N-dealkylation sites (N-methyl/N-ethyl adjacent to an activating group) is 1. The van der Waals surface area contributed by atoms with Gasteiger partial charge in [0.1, 0.15) is 0 Å². The summed E-state index contributed by atoms with van der Waals surface area (Å²) in [6, 6.07) is 10.6. The molecule has 1 amide bonds. The van der Waals surface area contributed by atoms with E-state index in [9.17, 15) is 4.79 Å². The molecule has 0 radical (unpaired) electrons. The van der Waals surface area contributed by atoms with Crippen molar-refractivity contribution >= 4 is 17.7 Å². The standard InChI is InChI=1S/C15H22N2OS/c1-16(2)13-7-6-10-17(11-13)15(18)12-19-14-8-4-3-5-9-14/h3-5,8-9,13H,6-7,10-12H2,1-2H3/t13-/m1/s1. The third kappa shape index (κ3) is 4.25. The highest BCUT2D eigenvalue weighted by molar-refractivity contribution is 8.00. The Balaban J connectivity index is 1.83. The van der Waals surface area contributed by atoms with Crippen molar-refractivity contribution in [1.82, 2.24) is 9.80 Å². The fourth-order valence-corrected chi connectivity index (χ4v) is 3.18. The molecule has 1 atom stereocenters. The Morgan fingerprint density at radius 3 is 2.79 bits per heavy atom. The third-order valence-electron chi connectivity index (χ3n) is 3.59. The van der Waals surface area contributed by atoms with Gasteiger partial charge in [-0.1, -0.05) is 18.2 Å². The second kappa shape index (κ2) is 6.96. The van der Waals surface area contributed by atoms with E-state index in [2.05, 4.69) is 31.1 Å². The first-order valence-electron chi connectivity index (χ1n) is 6.79. The van der Waals surface area contributed by atoms with Gasteiger partial charge in [-0.15, -0.1) is 11.8 Å². The van der Waals surface area contributed by atoms with E-state index in [4.69, 9.17) is 0 Å². The molecule has 19 heavy (non-hydrogen) atoms. The van der Waals surface area contributed by atoms with E-state index in [0.29, 0.717) is 11.8 Å². The van der Waals surface area contributed by atoms with Crippen LogP contribution in [0, 0.1) is 0 Å². The van der Waals surface area contributed by atoms with Gasteiger partial charge in [0.25, 0.3) is 0 Å². The highest BCUT2D eigenvalue weighted by Crippen LogP contribution is 2.19. The lowest BCUT2D eigenvalue weighted by Gasteiger charge is -2.36. The summed E-state index contributed by atoms with van der Waals surface area (Å²) < 4.78 is 0. The van der Waals surface area contributed by atoms with Crippen LogP contribution >= 0.6 is 11.8 Å². The number of hydrogen-bond donors (Lipinski definition) is 0. The Kier molecular flexibility index (Phi) is 5.28. The Hall–Kier alpha value is -1.00. The average molecular weight is 278 g/mol. The van der Waals surface area contributed by atoms with E-state index in [0.717, 1.165) is 24.4 Å². The van der Waals surface area contributed by atoms with Gasteiger partial charge in [-0.25, -0.2) is 0 Å². The number of carbonyl (C=O) groups excluding carboxylic acids is 1. The van der Waals surface area contributed by atoms with Crippen molar-refractivity contribution in [3.05, 3.63) is 30.3 Å². The smallest absolute Gasteiger partial charge is 0.232 e. The molecule has 2 rings (SSSR count). The summed E-state index contributed by atoms with van der Waals surface area (Å²) in [4.78, 5) is 17.6. The molecule has 104 valence electrons. The van der Waals surface area contributed by atoms with Gasteiger partial charge >= 0.3 is 0 Å². The van der Waals surface area contributed by atoms with Crippen LogP contribution < -0.4 is 0 Å². The van der Waals surface area contributed by atoms with Crippen LogP contribution in [0.4, 0.5) is 0 Å². The molecule has 1 saturated heterocycles. The minimum absolute atomic E-state index is 0.264. The van der Waals surface area contributed by atoms with E-state index >= 15 is 0 Å². The van der Waals surface area contributed by atoms with Crippen LogP contribution in [0.25, 0.3) is 0 Å². The van der Waals surface area contributed by atoms with Gasteiger partial charge in [-0.2, -0.15) is 0 Å². The number of carbonyl (C=O) groups is 1. The number of benzene rings is 1. The minimum atomic E-state index is 0.264. The molecule has 3 nitrogen and oxygen atoms in total. The maximum atomic E-state index is 12.2. The second-order valence-corrected chi connectivity index (χ2v) is 6.25. The number of hydrogen-bond acceptors (Lipinski definition) is 3. The van der Waals surface area contributed by atoms with E-state index in [-0.39, 0.29) is 5.91 Å². The molecular weight excluding hydrogens is 256 g/mol. The predicted octanol–water partition coefficient (Wildman–Crippen LogP) is 2.33. The highest BCUT2D eigenvalue weighted by Gasteiger charge is 2.24. The van der Waals surface area contributed by atoms with Crippen LogP contribution in [-0.2, 0) is 4.79 Å². The van der Waals surface area contributed by atoms with E-state index in [1.54, 1.807) is 11.8 Å². The molecule has 0 spiro atoms. The van der Waals surface area contributed by atoms with Crippen molar-refractivity contribution in [3.63, 3.8) is 0 Å². The van der Waals surface area contributed by atoms with E-state index in [1.165, 1.54) is 6.42 Å². The maximum absolute atomic E-state index is 12.2. The van der Waals surface area contributed by atoms with Crippen molar-refractivity contribution in [1.29, 1.82) is 0 Å². The summed E-state index contributed by atoms with van der Waals surface area (Å²) >= 11 is 1.63. The SMILES string of the molecule is CN(C)[C@@H]1CCCN(C(=O)CSc2ccccc2)C1. The lowest BCUT2D eigenvalue weighted by atomic mass is 10.1. The fraction of sp³-hybridized carbons (Fsp3) is 0.533. The van der Waals surface area contributed by atoms with Gasteiger partial charge in [0.05, 0.1) is 5.75 Å². The molecule has 1 aliphatic heterocycles. The fourth-order valence-electron chi connectivity index (χ4n) is 2.36. The first-order valence-corrected chi connectivity index (χ1v) is 7.77. The molecule has 0 saturated carbocycles. The van der Waals surface area contributed by atoms with Crippen LogP contribution in [0.5, 0.6) is 0 Å². The van der Waals surface area contributed by atoms with Crippen LogP contribution in [0.15, 0.2) is 35.2 Å². The first kappa shape index (κ1) is 14.4. The minimum Gasteiger partial charge on any atom is -0.340 e. The van der Waals surface area contributed by atoms with Crippen LogP contribution in [0.1, 0.15) is 12.8 Å². The monoisotopic (exact) mass is 278 g/mol. The summed E-state index contributed by atoms with van der Waals surface area (Å²) in [6.45, 7) is 1.79. The van der Waals surface area contributed by atoms with Gasteiger partial charge in [0.15, 0.2) is 0 Å². The molecule has 4 heteroatoms. The van der Waals surface area contributed by atoms with Crippen molar-refractivity contribution < 1.29 is 4.79 Å². The average Bonchev–Trinajstić information content (AvgIpc) is 2.46. The van der Waals surface area contributed by atoms with Crippen LogP contribution in [0.2, 0.25) is 0 Å². The zero-order valence-electron chi connectivity index (χ0n) is 11.7. The van der Waals surface area contributed by atoms with Crippen molar-refractivity contribution in [2.45, 2.75) is 23.8 Å². The van der Waals surface area contributed by atoms with Crippen molar-refractivity contribution in [2.75, 3.05) is 32.9 Å². The topological polar surface area (TPSA) is 23.6 Å². The zero-order valence-corrected chi connectivity index (χ0v) is 12.5. The molecule has 1 aromatic carbocycles. The number of likely N-dealkylation sites (tertiary alicyclic amines) is 1. The number of nitrogens with zero attached hydrogens (tertiary/aromatic N) is 2. The van der Waals surface area contributed by atoms with Gasteiger partial charge in [-0.05, 0) is 39.1 Å². The van der Waals surface area contributed by atoms with Gasteiger partial charge < -0.3 is 9.80 Å². The summed E-state index contributed by atoms with van der Waals surface area (Å²) in [5.41, 5.74) is 0. The molecule has 0 aliphatic carbocycles. The molecule has 1 aromatic rings. The Morgan fingerprint density at radius 2 is 2.11 bits per heavy atom. The normalized spacial score (nSPS) is 19.7. The van der Waals surface area contributed by atoms with Gasteiger partial charge in [0, 0.05) is 24.0 Å². The Morgan fingerprint density at radius 1 is 1.37 bits per heavy atom. The summed E-state index contributed by atoms with van der Waals surface area (Å²) in [5, 5.41) is 0. The lowest BCUT2D eigenvalue weighted by molar-refractivity contribution is -0.130. The molecule has 1 aliphatic rings. The van der Waals surface area contributed by atoms with Crippen LogP contribution in [-0.4, -0.2) is 54.7 Å². The Labute approximate surface area is 120 Å². The summed E-state index contributed by atoms with van der Waals surface area (Å²) in [5.74, 6) is 0.810. The molecular formula is C15H22N2OS. The van der Waals surface area contributed by atoms with Gasteiger partial charge in [0.2, 0.25) is 5.91 Å². The van der Waals surface area contributed by atoms with Crippen LogP contribution in [0.3, 0.4) is 0 Å². The zero-order chi connectivity index (χ0) is 13.7. The number of piperidine rings is 1.